The van der Waals surface area contributed by atoms with E-state index in [4.69, 9.17) is 5.11 Å². The SMILES string of the molecule is O=C(O)CC1CCCN(S(=O)(=O)c2cnn(CC(F)F)c2)C1. The molecule has 0 aliphatic carbocycles. The Hall–Kier alpha value is -1.55. The molecule has 1 N–H and O–H groups in total. The normalized spacial score (nSPS) is 20.4. The highest BCUT2D eigenvalue weighted by Crippen LogP contribution is 2.25. The smallest absolute Gasteiger partial charge is 0.303 e. The van der Waals surface area contributed by atoms with Gasteiger partial charge in [-0.2, -0.15) is 9.40 Å². The molecule has 0 amide bonds. The van der Waals surface area contributed by atoms with E-state index in [9.17, 15) is 22.0 Å². The molecule has 1 aromatic heterocycles. The number of hydrogen-bond donors (Lipinski definition) is 1. The molecular weight excluding hydrogens is 320 g/mol. The molecule has 1 saturated heterocycles. The quantitative estimate of drug-likeness (QED) is 0.837. The number of piperidine rings is 1. The first-order valence-corrected chi connectivity index (χ1v) is 8.25. The summed E-state index contributed by atoms with van der Waals surface area (Å²) >= 11 is 0. The number of sulfonamides is 1. The van der Waals surface area contributed by atoms with Crippen LogP contribution >= 0.6 is 0 Å². The minimum absolute atomic E-state index is 0.0866. The highest BCUT2D eigenvalue weighted by molar-refractivity contribution is 7.89. The summed E-state index contributed by atoms with van der Waals surface area (Å²) in [5.74, 6) is -1.20. The number of carboxylic acid groups (broad SMARTS) is 1. The van der Waals surface area contributed by atoms with Crippen LogP contribution in [0, 0.1) is 5.92 Å². The largest absolute Gasteiger partial charge is 0.481 e. The van der Waals surface area contributed by atoms with Gasteiger partial charge in [0, 0.05) is 25.7 Å². The maximum Gasteiger partial charge on any atom is 0.303 e. The molecule has 0 bridgehead atoms. The second-order valence-corrected chi connectivity index (χ2v) is 7.20. The monoisotopic (exact) mass is 337 g/mol. The summed E-state index contributed by atoms with van der Waals surface area (Å²) in [5.41, 5.74) is 0. The molecule has 1 unspecified atom stereocenters. The summed E-state index contributed by atoms with van der Waals surface area (Å²) in [6.07, 6.45) is 0.633. The van der Waals surface area contributed by atoms with Crippen molar-refractivity contribution in [2.45, 2.75) is 37.1 Å². The summed E-state index contributed by atoms with van der Waals surface area (Å²) in [4.78, 5) is 10.6. The Morgan fingerprint density at radius 2 is 2.23 bits per heavy atom. The molecule has 0 spiro atoms. The highest BCUT2D eigenvalue weighted by atomic mass is 32.2. The van der Waals surface area contributed by atoms with E-state index >= 15 is 0 Å². The Morgan fingerprint density at radius 1 is 1.50 bits per heavy atom. The fourth-order valence-corrected chi connectivity index (χ4v) is 4.04. The number of carbonyl (C=O) groups is 1. The number of hydrogen-bond acceptors (Lipinski definition) is 4. The molecule has 1 aliphatic heterocycles. The number of alkyl halides is 2. The lowest BCUT2D eigenvalue weighted by atomic mass is 9.96. The minimum atomic E-state index is -3.83. The number of aromatic nitrogens is 2. The van der Waals surface area contributed by atoms with Crippen molar-refractivity contribution in [3.63, 3.8) is 0 Å². The topological polar surface area (TPSA) is 92.5 Å². The zero-order chi connectivity index (χ0) is 16.3. The molecule has 0 radical (unpaired) electrons. The van der Waals surface area contributed by atoms with Crippen LogP contribution in [-0.4, -0.2) is 53.1 Å². The lowest BCUT2D eigenvalue weighted by Gasteiger charge is -2.30. The average molecular weight is 337 g/mol. The average Bonchev–Trinajstić information content (AvgIpc) is 2.86. The first-order chi connectivity index (χ1) is 10.3. The van der Waals surface area contributed by atoms with Crippen LogP contribution in [-0.2, 0) is 21.4 Å². The second kappa shape index (κ2) is 6.69. The number of carboxylic acids is 1. The maximum absolute atomic E-state index is 12.5. The molecule has 2 rings (SSSR count). The summed E-state index contributed by atoms with van der Waals surface area (Å²) in [7, 11) is -3.83. The zero-order valence-electron chi connectivity index (χ0n) is 11.7. The van der Waals surface area contributed by atoms with Crippen LogP contribution in [0.5, 0.6) is 0 Å². The minimum Gasteiger partial charge on any atom is -0.481 e. The van der Waals surface area contributed by atoms with Crippen molar-refractivity contribution in [2.75, 3.05) is 13.1 Å². The van der Waals surface area contributed by atoms with Crippen LogP contribution in [0.25, 0.3) is 0 Å². The third kappa shape index (κ3) is 4.01. The summed E-state index contributed by atoms with van der Waals surface area (Å²) in [6.45, 7) is -0.260. The lowest BCUT2D eigenvalue weighted by molar-refractivity contribution is -0.138. The Bertz CT molecular complexity index is 632. The predicted molar refractivity (Wildman–Crippen MR) is 72.0 cm³/mol. The molecule has 7 nitrogen and oxygen atoms in total. The second-order valence-electron chi connectivity index (χ2n) is 5.26. The van der Waals surface area contributed by atoms with Crippen LogP contribution in [0.4, 0.5) is 8.78 Å². The van der Waals surface area contributed by atoms with E-state index in [1.165, 1.54) is 4.31 Å². The number of nitrogens with zero attached hydrogens (tertiary/aromatic N) is 3. The molecule has 1 atom stereocenters. The van der Waals surface area contributed by atoms with E-state index in [-0.39, 0.29) is 23.8 Å². The Balaban J connectivity index is 2.12. The third-order valence-corrected chi connectivity index (χ3v) is 5.34. The van der Waals surface area contributed by atoms with Crippen molar-refractivity contribution in [1.82, 2.24) is 14.1 Å². The number of rotatable bonds is 6. The van der Waals surface area contributed by atoms with Crippen molar-refractivity contribution in [3.05, 3.63) is 12.4 Å². The molecule has 1 aliphatic rings. The molecule has 0 aromatic carbocycles. The van der Waals surface area contributed by atoms with Crippen LogP contribution in [0.15, 0.2) is 17.3 Å². The van der Waals surface area contributed by atoms with Gasteiger partial charge in [0.2, 0.25) is 10.0 Å². The van der Waals surface area contributed by atoms with Crippen molar-refractivity contribution >= 4 is 16.0 Å². The molecule has 2 heterocycles. The van der Waals surface area contributed by atoms with Gasteiger partial charge in [0.25, 0.3) is 6.43 Å². The van der Waals surface area contributed by atoms with Gasteiger partial charge >= 0.3 is 5.97 Å². The molecule has 124 valence electrons. The van der Waals surface area contributed by atoms with E-state index in [0.717, 1.165) is 17.1 Å². The van der Waals surface area contributed by atoms with Crippen LogP contribution in [0.3, 0.4) is 0 Å². The standard InChI is InChI=1S/C12H17F2N3O4S/c13-11(14)8-16-7-10(5-15-16)22(20,21)17-3-1-2-9(6-17)4-12(18)19/h5,7,9,11H,1-4,6,8H2,(H,18,19). The Morgan fingerprint density at radius 3 is 2.86 bits per heavy atom. The van der Waals surface area contributed by atoms with Crippen LogP contribution < -0.4 is 0 Å². The van der Waals surface area contributed by atoms with Gasteiger partial charge in [-0.25, -0.2) is 17.2 Å². The Kier molecular flexibility index (Phi) is 5.12. The van der Waals surface area contributed by atoms with Crippen LogP contribution in [0.1, 0.15) is 19.3 Å². The fraction of sp³-hybridized carbons (Fsp3) is 0.667. The maximum atomic E-state index is 12.5. The first kappa shape index (κ1) is 16.8. The van der Waals surface area contributed by atoms with Crippen molar-refractivity contribution < 1.29 is 27.1 Å². The van der Waals surface area contributed by atoms with Crippen molar-refractivity contribution in [1.29, 1.82) is 0 Å². The molecule has 22 heavy (non-hydrogen) atoms. The van der Waals surface area contributed by atoms with Gasteiger partial charge in [-0.3, -0.25) is 9.48 Å². The van der Waals surface area contributed by atoms with E-state index in [0.29, 0.717) is 19.4 Å². The van der Waals surface area contributed by atoms with E-state index < -0.39 is 29.0 Å². The molecule has 10 heteroatoms. The molecule has 0 saturated carbocycles. The molecular formula is C12H17F2N3O4S. The summed E-state index contributed by atoms with van der Waals surface area (Å²) in [5, 5.41) is 12.4. The third-order valence-electron chi connectivity index (χ3n) is 3.52. The van der Waals surface area contributed by atoms with Gasteiger partial charge < -0.3 is 5.11 Å². The molecule has 1 aromatic rings. The van der Waals surface area contributed by atoms with Crippen LogP contribution in [0.2, 0.25) is 0 Å². The van der Waals surface area contributed by atoms with Crippen molar-refractivity contribution in [3.8, 4) is 0 Å². The van der Waals surface area contributed by atoms with Gasteiger partial charge in [-0.1, -0.05) is 0 Å². The zero-order valence-corrected chi connectivity index (χ0v) is 12.5. The van der Waals surface area contributed by atoms with E-state index in [1.807, 2.05) is 0 Å². The summed E-state index contributed by atoms with van der Waals surface area (Å²) < 4.78 is 51.6. The van der Waals surface area contributed by atoms with E-state index in [2.05, 4.69) is 5.10 Å². The fourth-order valence-electron chi connectivity index (χ4n) is 2.53. The van der Waals surface area contributed by atoms with Gasteiger partial charge in [0.1, 0.15) is 11.4 Å². The van der Waals surface area contributed by atoms with Gasteiger partial charge in [0.05, 0.1) is 6.20 Å². The lowest BCUT2D eigenvalue weighted by Crippen LogP contribution is -2.40. The predicted octanol–water partition coefficient (Wildman–Crippen LogP) is 1.02. The van der Waals surface area contributed by atoms with E-state index in [1.54, 1.807) is 0 Å². The first-order valence-electron chi connectivity index (χ1n) is 6.81. The van der Waals surface area contributed by atoms with Gasteiger partial charge in [-0.05, 0) is 18.8 Å². The van der Waals surface area contributed by atoms with Gasteiger partial charge in [-0.15, -0.1) is 0 Å². The number of halogens is 2. The Labute approximate surface area is 126 Å². The van der Waals surface area contributed by atoms with Crippen molar-refractivity contribution in [2.24, 2.45) is 5.92 Å². The highest BCUT2D eigenvalue weighted by Gasteiger charge is 2.32. The molecule has 1 fully saturated rings. The summed E-state index contributed by atoms with van der Waals surface area (Å²) in [6, 6.07) is 0. The van der Waals surface area contributed by atoms with Gasteiger partial charge in [0.15, 0.2) is 0 Å². The number of aliphatic carboxylic acids is 1.